The highest BCUT2D eigenvalue weighted by Gasteiger charge is 2.34. The Hall–Kier alpha value is -1.57. The molecule has 0 fully saturated rings. The van der Waals surface area contributed by atoms with E-state index in [9.17, 15) is 18.3 Å². The van der Waals surface area contributed by atoms with Gasteiger partial charge in [-0.25, -0.2) is 4.98 Å². The van der Waals surface area contributed by atoms with E-state index in [0.717, 1.165) is 6.07 Å². The molecule has 0 saturated heterocycles. The minimum Gasteiger partial charge on any atom is -0.394 e. The second kappa shape index (κ2) is 6.93. The quantitative estimate of drug-likeness (QED) is 0.754. The second-order valence-corrected chi connectivity index (χ2v) is 5.44. The van der Waals surface area contributed by atoms with Crippen LogP contribution in [0.3, 0.4) is 0 Å². The summed E-state index contributed by atoms with van der Waals surface area (Å²) in [4.78, 5) is 7.50. The second-order valence-electron chi connectivity index (χ2n) is 5.44. The molecule has 5 nitrogen and oxygen atoms in total. The predicted molar refractivity (Wildman–Crippen MR) is 75.1 cm³/mol. The van der Waals surface area contributed by atoms with Gasteiger partial charge in [-0.3, -0.25) is 0 Å². The number of alkyl halides is 3. The standard InChI is InChI=1S/C13H21F3N4O/c1-7(2)9(6-21)18-12-19-10(13(14,15)16)5-11(20-12)17-8(3)4/h5,7-9,21H,6H2,1-4H3,(H2,17,18,19,20)/t9-/m0/s1. The molecule has 1 atom stereocenters. The van der Waals surface area contributed by atoms with Crippen LogP contribution in [0.5, 0.6) is 0 Å². The van der Waals surface area contributed by atoms with Crippen molar-refractivity contribution >= 4 is 11.8 Å². The molecule has 120 valence electrons. The molecule has 0 aliphatic heterocycles. The van der Waals surface area contributed by atoms with Gasteiger partial charge >= 0.3 is 6.18 Å². The Kier molecular flexibility index (Phi) is 5.77. The van der Waals surface area contributed by atoms with Crippen LogP contribution in [0.25, 0.3) is 0 Å². The maximum absolute atomic E-state index is 12.9. The molecule has 0 aromatic carbocycles. The van der Waals surface area contributed by atoms with E-state index in [1.54, 1.807) is 13.8 Å². The molecule has 0 saturated carbocycles. The summed E-state index contributed by atoms with van der Waals surface area (Å²) in [5.74, 6) is -0.0364. The summed E-state index contributed by atoms with van der Waals surface area (Å²) in [6, 6.07) is 0.391. The number of rotatable bonds is 6. The summed E-state index contributed by atoms with van der Waals surface area (Å²) < 4.78 is 38.6. The number of nitrogens with zero attached hydrogens (tertiary/aromatic N) is 2. The molecule has 1 rings (SSSR count). The maximum Gasteiger partial charge on any atom is 0.433 e. The predicted octanol–water partition coefficient (Wildman–Crippen LogP) is 2.74. The van der Waals surface area contributed by atoms with Crippen LogP contribution in [-0.2, 0) is 6.18 Å². The number of hydrogen-bond donors (Lipinski definition) is 3. The Morgan fingerprint density at radius 1 is 1.14 bits per heavy atom. The Morgan fingerprint density at radius 2 is 1.76 bits per heavy atom. The van der Waals surface area contributed by atoms with Crippen LogP contribution in [0.4, 0.5) is 24.9 Å². The first kappa shape index (κ1) is 17.5. The summed E-state index contributed by atoms with van der Waals surface area (Å²) in [6.45, 7) is 7.06. The molecule has 1 aromatic heterocycles. The zero-order valence-electron chi connectivity index (χ0n) is 12.5. The van der Waals surface area contributed by atoms with Crippen molar-refractivity contribution in [2.24, 2.45) is 5.92 Å². The van der Waals surface area contributed by atoms with Crippen molar-refractivity contribution in [2.75, 3.05) is 17.2 Å². The first-order valence-corrected chi connectivity index (χ1v) is 6.73. The number of hydrogen-bond acceptors (Lipinski definition) is 5. The van der Waals surface area contributed by atoms with E-state index in [-0.39, 0.29) is 30.3 Å². The topological polar surface area (TPSA) is 70.1 Å². The average Bonchev–Trinajstić information content (AvgIpc) is 2.33. The third-order valence-corrected chi connectivity index (χ3v) is 2.77. The summed E-state index contributed by atoms with van der Waals surface area (Å²) in [5.41, 5.74) is -1.02. The fourth-order valence-electron chi connectivity index (χ4n) is 1.62. The molecule has 1 aromatic rings. The number of anilines is 2. The smallest absolute Gasteiger partial charge is 0.394 e. The molecular formula is C13H21F3N4O. The van der Waals surface area contributed by atoms with E-state index in [4.69, 9.17) is 0 Å². The van der Waals surface area contributed by atoms with E-state index < -0.39 is 17.9 Å². The van der Waals surface area contributed by atoms with Crippen LogP contribution in [0.15, 0.2) is 6.07 Å². The minimum atomic E-state index is -4.56. The fourth-order valence-corrected chi connectivity index (χ4v) is 1.62. The third-order valence-electron chi connectivity index (χ3n) is 2.77. The lowest BCUT2D eigenvalue weighted by Gasteiger charge is -2.21. The van der Waals surface area contributed by atoms with E-state index in [1.165, 1.54) is 0 Å². The van der Waals surface area contributed by atoms with Gasteiger partial charge in [-0.1, -0.05) is 13.8 Å². The van der Waals surface area contributed by atoms with Crippen LogP contribution in [0, 0.1) is 5.92 Å². The maximum atomic E-state index is 12.9. The fraction of sp³-hybridized carbons (Fsp3) is 0.692. The van der Waals surface area contributed by atoms with Gasteiger partial charge in [0.25, 0.3) is 0 Å². The van der Waals surface area contributed by atoms with Crippen LogP contribution in [0.1, 0.15) is 33.4 Å². The number of aliphatic hydroxyl groups excluding tert-OH is 1. The summed E-state index contributed by atoms with van der Waals surface area (Å²) >= 11 is 0. The summed E-state index contributed by atoms with van der Waals surface area (Å²) in [7, 11) is 0. The van der Waals surface area contributed by atoms with Gasteiger partial charge < -0.3 is 15.7 Å². The Morgan fingerprint density at radius 3 is 2.19 bits per heavy atom. The lowest BCUT2D eigenvalue weighted by Crippen LogP contribution is -2.31. The van der Waals surface area contributed by atoms with E-state index in [1.807, 2.05) is 13.8 Å². The van der Waals surface area contributed by atoms with Crippen molar-refractivity contribution in [3.05, 3.63) is 11.8 Å². The van der Waals surface area contributed by atoms with Gasteiger partial charge in [0.15, 0.2) is 5.69 Å². The molecule has 0 unspecified atom stereocenters. The van der Waals surface area contributed by atoms with Gasteiger partial charge in [-0.2, -0.15) is 18.2 Å². The highest BCUT2D eigenvalue weighted by atomic mass is 19.4. The van der Waals surface area contributed by atoms with Crippen molar-refractivity contribution in [1.82, 2.24) is 9.97 Å². The Labute approximate surface area is 122 Å². The molecule has 21 heavy (non-hydrogen) atoms. The van der Waals surface area contributed by atoms with E-state index >= 15 is 0 Å². The monoisotopic (exact) mass is 306 g/mol. The van der Waals surface area contributed by atoms with Gasteiger partial charge in [-0.05, 0) is 19.8 Å². The van der Waals surface area contributed by atoms with Gasteiger partial charge in [0.2, 0.25) is 5.95 Å². The molecule has 0 spiro atoms. The van der Waals surface area contributed by atoms with Crippen molar-refractivity contribution in [2.45, 2.75) is 46.0 Å². The molecule has 3 N–H and O–H groups in total. The molecular weight excluding hydrogens is 285 g/mol. The van der Waals surface area contributed by atoms with Gasteiger partial charge in [-0.15, -0.1) is 0 Å². The van der Waals surface area contributed by atoms with Gasteiger partial charge in [0.05, 0.1) is 12.6 Å². The highest BCUT2D eigenvalue weighted by Crippen LogP contribution is 2.30. The summed E-state index contributed by atoms with van der Waals surface area (Å²) in [6.07, 6.45) is -4.56. The minimum absolute atomic E-state index is 0.0228. The lowest BCUT2D eigenvalue weighted by atomic mass is 10.1. The normalized spacial score (nSPS) is 13.6. The molecule has 1 heterocycles. The van der Waals surface area contributed by atoms with Crippen LogP contribution in [0.2, 0.25) is 0 Å². The molecule has 0 aliphatic carbocycles. The van der Waals surface area contributed by atoms with Crippen LogP contribution in [-0.4, -0.2) is 33.8 Å². The first-order valence-electron chi connectivity index (χ1n) is 6.73. The molecule has 0 aliphatic rings. The van der Waals surface area contributed by atoms with Gasteiger partial charge in [0.1, 0.15) is 5.82 Å². The number of halogens is 3. The summed E-state index contributed by atoms with van der Waals surface area (Å²) in [5, 5.41) is 14.8. The third kappa shape index (κ3) is 5.37. The number of aromatic nitrogens is 2. The van der Waals surface area contributed by atoms with Crippen molar-refractivity contribution < 1.29 is 18.3 Å². The SMILES string of the molecule is CC(C)Nc1cc(C(F)(F)F)nc(N[C@@H](CO)C(C)C)n1. The van der Waals surface area contributed by atoms with Crippen molar-refractivity contribution in [3.8, 4) is 0 Å². The van der Waals surface area contributed by atoms with E-state index in [0.29, 0.717) is 0 Å². The molecule has 8 heteroatoms. The average molecular weight is 306 g/mol. The van der Waals surface area contributed by atoms with Crippen molar-refractivity contribution in [3.63, 3.8) is 0 Å². The Balaban J connectivity index is 3.12. The van der Waals surface area contributed by atoms with Crippen LogP contribution < -0.4 is 10.6 Å². The zero-order chi connectivity index (χ0) is 16.2. The molecule has 0 amide bonds. The van der Waals surface area contributed by atoms with Crippen molar-refractivity contribution in [1.29, 1.82) is 0 Å². The largest absolute Gasteiger partial charge is 0.433 e. The Bertz CT molecular complexity index is 463. The van der Waals surface area contributed by atoms with Gasteiger partial charge in [0, 0.05) is 12.1 Å². The highest BCUT2D eigenvalue weighted by molar-refractivity contribution is 5.44. The molecule has 0 bridgehead atoms. The van der Waals surface area contributed by atoms with E-state index in [2.05, 4.69) is 20.6 Å². The van der Waals surface area contributed by atoms with Crippen LogP contribution >= 0.6 is 0 Å². The number of aliphatic hydroxyl groups is 1. The first-order chi connectivity index (χ1) is 9.63. The zero-order valence-corrected chi connectivity index (χ0v) is 12.5. The molecule has 0 radical (unpaired) electrons. The number of nitrogens with one attached hydrogen (secondary N) is 2. The lowest BCUT2D eigenvalue weighted by molar-refractivity contribution is -0.141.